The number of aryl methyl sites for hydroxylation is 1. The number of rotatable bonds is 3. The smallest absolute Gasteiger partial charge is 0.267 e. The topological polar surface area (TPSA) is 48.5 Å². The van der Waals surface area contributed by atoms with Gasteiger partial charge in [0, 0.05) is 26.2 Å². The van der Waals surface area contributed by atoms with Crippen LogP contribution in [0.2, 0.25) is 0 Å². The van der Waals surface area contributed by atoms with Gasteiger partial charge in [-0.1, -0.05) is 0 Å². The Kier molecular flexibility index (Phi) is 4.58. The third-order valence-electron chi connectivity index (χ3n) is 3.90. The van der Waals surface area contributed by atoms with Gasteiger partial charge in [0.2, 0.25) is 0 Å². The van der Waals surface area contributed by atoms with Gasteiger partial charge in [-0.2, -0.15) is 0 Å². The fourth-order valence-electron chi connectivity index (χ4n) is 2.58. The number of halogens is 1. The Hall–Kier alpha value is -1.99. The van der Waals surface area contributed by atoms with E-state index in [0.717, 1.165) is 36.9 Å². The van der Waals surface area contributed by atoms with Crippen molar-refractivity contribution in [3.8, 4) is 0 Å². The van der Waals surface area contributed by atoms with Crippen molar-refractivity contribution >= 4 is 28.6 Å². The lowest BCUT2D eigenvalue weighted by Gasteiger charge is -2.35. The quantitative estimate of drug-likeness (QED) is 0.937. The molecule has 0 radical (unpaired) electrons. The molecule has 1 aliphatic heterocycles. The summed E-state index contributed by atoms with van der Waals surface area (Å²) in [6.07, 6.45) is 1.55. The van der Waals surface area contributed by atoms with Gasteiger partial charge in [0.1, 0.15) is 10.7 Å². The average molecular weight is 334 g/mol. The van der Waals surface area contributed by atoms with E-state index < -0.39 is 0 Å². The van der Waals surface area contributed by atoms with E-state index in [4.69, 9.17) is 0 Å². The summed E-state index contributed by atoms with van der Waals surface area (Å²) in [4.78, 5) is 21.4. The Morgan fingerprint density at radius 2 is 2.04 bits per heavy atom. The summed E-state index contributed by atoms with van der Waals surface area (Å²) in [7, 11) is 2.08. The Bertz CT molecular complexity index is 710. The molecular formula is C16H19FN4OS. The SMILES string of the molecule is Cc1ncc(C(=O)Nc2cc(F)ccc2N2CCN(C)CC2)s1. The molecule has 0 unspecified atom stereocenters. The second kappa shape index (κ2) is 6.64. The normalized spacial score (nSPS) is 15.7. The number of likely N-dealkylation sites (N-methyl/N-ethyl adjacent to an activating group) is 1. The summed E-state index contributed by atoms with van der Waals surface area (Å²) in [5.74, 6) is -0.616. The number of carbonyl (C=O) groups excluding carboxylic acids is 1. The van der Waals surface area contributed by atoms with Crippen LogP contribution in [0.3, 0.4) is 0 Å². The highest BCUT2D eigenvalue weighted by molar-refractivity contribution is 7.13. The molecule has 122 valence electrons. The van der Waals surface area contributed by atoms with Crippen molar-refractivity contribution < 1.29 is 9.18 Å². The molecule has 2 heterocycles. The number of benzene rings is 1. The summed E-state index contributed by atoms with van der Waals surface area (Å²) in [5.41, 5.74) is 1.36. The van der Waals surface area contributed by atoms with Crippen LogP contribution in [0.4, 0.5) is 15.8 Å². The lowest BCUT2D eigenvalue weighted by molar-refractivity contribution is 0.103. The number of aromatic nitrogens is 1. The Labute approximate surface area is 138 Å². The van der Waals surface area contributed by atoms with Gasteiger partial charge in [-0.15, -0.1) is 11.3 Å². The summed E-state index contributed by atoms with van der Waals surface area (Å²) in [6, 6.07) is 4.54. The molecule has 1 N–H and O–H groups in total. The molecule has 1 saturated heterocycles. The maximum atomic E-state index is 13.6. The highest BCUT2D eigenvalue weighted by Gasteiger charge is 2.19. The summed E-state index contributed by atoms with van der Waals surface area (Å²) in [6.45, 7) is 5.44. The van der Waals surface area contributed by atoms with E-state index in [2.05, 4.69) is 27.1 Å². The van der Waals surface area contributed by atoms with Crippen LogP contribution in [0.25, 0.3) is 0 Å². The first kappa shape index (κ1) is 15.9. The second-order valence-electron chi connectivity index (χ2n) is 5.65. The Balaban J connectivity index is 1.83. The number of piperazine rings is 1. The van der Waals surface area contributed by atoms with Crippen molar-refractivity contribution in [1.29, 1.82) is 0 Å². The molecule has 0 atom stereocenters. The molecule has 0 saturated carbocycles. The Morgan fingerprint density at radius 3 is 2.70 bits per heavy atom. The predicted molar refractivity (Wildman–Crippen MR) is 90.9 cm³/mol. The van der Waals surface area contributed by atoms with Crippen molar-refractivity contribution in [2.75, 3.05) is 43.4 Å². The standard InChI is InChI=1S/C16H19FN4OS/c1-11-18-10-15(23-11)16(22)19-13-9-12(17)3-4-14(13)21-7-5-20(2)6-8-21/h3-4,9-10H,5-8H2,1-2H3,(H,19,22). The average Bonchev–Trinajstić information content (AvgIpc) is 2.95. The van der Waals surface area contributed by atoms with Crippen molar-refractivity contribution in [3.05, 3.63) is 40.1 Å². The predicted octanol–water partition coefficient (Wildman–Crippen LogP) is 2.59. The summed E-state index contributed by atoms with van der Waals surface area (Å²) in [5, 5.41) is 3.65. The third kappa shape index (κ3) is 3.68. The maximum absolute atomic E-state index is 13.6. The van der Waals surface area contributed by atoms with Gasteiger partial charge >= 0.3 is 0 Å². The zero-order valence-corrected chi connectivity index (χ0v) is 14.0. The number of nitrogens with one attached hydrogen (secondary N) is 1. The third-order valence-corrected chi connectivity index (χ3v) is 4.81. The van der Waals surface area contributed by atoms with Crippen LogP contribution in [0, 0.1) is 12.7 Å². The zero-order valence-electron chi connectivity index (χ0n) is 13.2. The molecule has 1 aliphatic rings. The number of thiazole rings is 1. The number of carbonyl (C=O) groups is 1. The minimum atomic E-state index is -0.362. The molecule has 5 nitrogen and oxygen atoms in total. The molecule has 23 heavy (non-hydrogen) atoms. The van der Waals surface area contributed by atoms with Crippen LogP contribution in [0.15, 0.2) is 24.4 Å². The molecule has 3 rings (SSSR count). The molecule has 0 aliphatic carbocycles. The molecule has 1 aromatic carbocycles. The fourth-order valence-corrected chi connectivity index (χ4v) is 3.25. The molecule has 1 amide bonds. The largest absolute Gasteiger partial charge is 0.367 e. The molecule has 0 spiro atoms. The van der Waals surface area contributed by atoms with Gasteiger partial charge in [0.25, 0.3) is 5.91 Å². The highest BCUT2D eigenvalue weighted by Crippen LogP contribution is 2.28. The van der Waals surface area contributed by atoms with Gasteiger partial charge in [0.05, 0.1) is 22.6 Å². The molecule has 7 heteroatoms. The van der Waals surface area contributed by atoms with Gasteiger partial charge < -0.3 is 15.1 Å². The van der Waals surface area contributed by atoms with Crippen molar-refractivity contribution in [2.45, 2.75) is 6.92 Å². The van der Waals surface area contributed by atoms with E-state index in [9.17, 15) is 9.18 Å². The lowest BCUT2D eigenvalue weighted by atomic mass is 10.2. The van der Waals surface area contributed by atoms with Gasteiger partial charge in [-0.3, -0.25) is 4.79 Å². The second-order valence-corrected chi connectivity index (χ2v) is 6.88. The van der Waals surface area contributed by atoms with E-state index in [-0.39, 0.29) is 11.7 Å². The van der Waals surface area contributed by atoms with Gasteiger partial charge in [-0.25, -0.2) is 9.37 Å². The Morgan fingerprint density at radius 1 is 1.30 bits per heavy atom. The number of nitrogens with zero attached hydrogens (tertiary/aromatic N) is 3. The number of hydrogen-bond acceptors (Lipinski definition) is 5. The lowest BCUT2D eigenvalue weighted by Crippen LogP contribution is -2.44. The van der Waals surface area contributed by atoms with Crippen molar-refractivity contribution in [2.24, 2.45) is 0 Å². The van der Waals surface area contributed by atoms with Gasteiger partial charge in [-0.05, 0) is 32.2 Å². The number of anilines is 2. The minimum Gasteiger partial charge on any atom is -0.367 e. The fraction of sp³-hybridized carbons (Fsp3) is 0.375. The van der Waals surface area contributed by atoms with Gasteiger partial charge in [0.15, 0.2) is 0 Å². The van der Waals surface area contributed by atoms with Crippen LogP contribution < -0.4 is 10.2 Å². The van der Waals surface area contributed by atoms with Crippen LogP contribution >= 0.6 is 11.3 Å². The van der Waals surface area contributed by atoms with Crippen LogP contribution in [0.1, 0.15) is 14.7 Å². The number of hydrogen-bond donors (Lipinski definition) is 1. The van der Waals surface area contributed by atoms with E-state index in [1.807, 2.05) is 6.92 Å². The van der Waals surface area contributed by atoms with E-state index in [1.165, 1.54) is 23.5 Å². The van der Waals surface area contributed by atoms with Crippen LogP contribution in [-0.4, -0.2) is 49.0 Å². The summed E-state index contributed by atoms with van der Waals surface area (Å²) < 4.78 is 13.6. The van der Waals surface area contributed by atoms with Crippen LogP contribution in [-0.2, 0) is 0 Å². The molecule has 1 fully saturated rings. The first-order chi connectivity index (χ1) is 11.0. The minimum absolute atomic E-state index is 0.253. The summed E-state index contributed by atoms with van der Waals surface area (Å²) >= 11 is 1.32. The van der Waals surface area contributed by atoms with E-state index in [1.54, 1.807) is 12.3 Å². The van der Waals surface area contributed by atoms with E-state index in [0.29, 0.717) is 10.6 Å². The van der Waals surface area contributed by atoms with E-state index >= 15 is 0 Å². The number of amides is 1. The molecule has 1 aromatic heterocycles. The highest BCUT2D eigenvalue weighted by atomic mass is 32.1. The molecule has 2 aromatic rings. The van der Waals surface area contributed by atoms with Crippen LogP contribution in [0.5, 0.6) is 0 Å². The zero-order chi connectivity index (χ0) is 16.4. The maximum Gasteiger partial charge on any atom is 0.267 e. The molecule has 0 bridgehead atoms. The van der Waals surface area contributed by atoms with Crippen molar-refractivity contribution in [1.82, 2.24) is 9.88 Å². The molecular weight excluding hydrogens is 315 g/mol. The van der Waals surface area contributed by atoms with Crippen molar-refractivity contribution in [3.63, 3.8) is 0 Å². The monoisotopic (exact) mass is 334 g/mol. The first-order valence-corrected chi connectivity index (χ1v) is 8.31. The first-order valence-electron chi connectivity index (χ1n) is 7.50.